The average molecular weight is 358 g/mol. The maximum Gasteiger partial charge on any atom is 0.167 e. The molecule has 0 fully saturated rings. The molecule has 3 N–H and O–H groups in total. The van der Waals surface area contributed by atoms with Crippen molar-refractivity contribution in [2.24, 2.45) is 0 Å². The molecule has 0 unspecified atom stereocenters. The largest absolute Gasteiger partial charge is 0.494 e. The van der Waals surface area contributed by atoms with Gasteiger partial charge in [0.05, 0.1) is 28.6 Å². The third-order valence-electron chi connectivity index (χ3n) is 3.81. The number of thiazole rings is 1. The van der Waals surface area contributed by atoms with E-state index in [2.05, 4.69) is 15.2 Å². The maximum atomic E-state index is 14.2. The molecule has 0 aliphatic carbocycles. The number of aromatic amines is 1. The normalized spacial score (nSPS) is 11.2. The van der Waals surface area contributed by atoms with Crippen molar-refractivity contribution >= 4 is 27.4 Å². The molecule has 0 atom stereocenters. The van der Waals surface area contributed by atoms with Crippen molar-refractivity contribution in [1.29, 1.82) is 0 Å². The fraction of sp³-hybridized carbons (Fsp3) is 0.0588. The van der Waals surface area contributed by atoms with E-state index in [0.29, 0.717) is 27.3 Å². The molecule has 8 heteroatoms. The number of benzene rings is 2. The minimum absolute atomic E-state index is 0.136. The molecule has 5 nitrogen and oxygen atoms in total. The van der Waals surface area contributed by atoms with Crippen molar-refractivity contribution in [1.82, 2.24) is 15.2 Å². The Morgan fingerprint density at radius 2 is 1.96 bits per heavy atom. The van der Waals surface area contributed by atoms with Crippen molar-refractivity contribution in [2.75, 3.05) is 12.8 Å². The number of H-pyrrole nitrogens is 1. The summed E-state index contributed by atoms with van der Waals surface area (Å²) >= 11 is 1.30. The van der Waals surface area contributed by atoms with Gasteiger partial charge in [-0.25, -0.2) is 13.8 Å². The second kappa shape index (κ2) is 5.82. The van der Waals surface area contributed by atoms with Gasteiger partial charge in [-0.1, -0.05) is 12.1 Å². The van der Waals surface area contributed by atoms with Crippen LogP contribution in [0.4, 0.5) is 14.6 Å². The molecular weight excluding hydrogens is 346 g/mol. The molecule has 4 rings (SSSR count). The Hall–Kier alpha value is -3.00. The van der Waals surface area contributed by atoms with Gasteiger partial charge in [0.1, 0.15) is 10.8 Å². The number of halogens is 2. The van der Waals surface area contributed by atoms with Crippen LogP contribution in [-0.2, 0) is 0 Å². The Morgan fingerprint density at radius 1 is 1.16 bits per heavy atom. The second-order valence-electron chi connectivity index (χ2n) is 5.31. The van der Waals surface area contributed by atoms with Gasteiger partial charge >= 0.3 is 0 Å². The number of nitrogen functional groups attached to an aromatic ring is 1. The minimum atomic E-state index is -0.499. The highest BCUT2D eigenvalue weighted by Gasteiger charge is 2.21. The van der Waals surface area contributed by atoms with Gasteiger partial charge in [-0.05, 0) is 12.1 Å². The SMILES string of the molecule is COc1cc2sc(-c3c(N)n[nH]c3-c3ccccc3F)nc2cc1F. The van der Waals surface area contributed by atoms with Crippen LogP contribution >= 0.6 is 11.3 Å². The predicted octanol–water partition coefficient (Wildman–Crippen LogP) is 4.22. The molecule has 0 saturated carbocycles. The molecule has 2 aromatic carbocycles. The highest BCUT2D eigenvalue weighted by atomic mass is 32.1. The summed E-state index contributed by atoms with van der Waals surface area (Å²) in [5.74, 6) is -0.565. The smallest absolute Gasteiger partial charge is 0.167 e. The van der Waals surface area contributed by atoms with Crippen molar-refractivity contribution in [3.8, 4) is 27.6 Å². The highest BCUT2D eigenvalue weighted by Crippen LogP contribution is 2.40. The molecule has 2 heterocycles. The number of fused-ring (bicyclic) bond motifs is 1. The van der Waals surface area contributed by atoms with Crippen molar-refractivity contribution in [3.05, 3.63) is 48.0 Å². The molecule has 0 amide bonds. The predicted molar refractivity (Wildman–Crippen MR) is 93.5 cm³/mol. The lowest BCUT2D eigenvalue weighted by Crippen LogP contribution is -1.90. The molecule has 0 aliphatic heterocycles. The van der Waals surface area contributed by atoms with Crippen LogP contribution in [0.25, 0.3) is 32.0 Å². The van der Waals surface area contributed by atoms with Gasteiger partial charge in [0.15, 0.2) is 17.4 Å². The van der Waals surface area contributed by atoms with E-state index in [9.17, 15) is 8.78 Å². The van der Waals surface area contributed by atoms with Crippen LogP contribution < -0.4 is 10.5 Å². The van der Waals surface area contributed by atoms with Gasteiger partial charge in [0, 0.05) is 17.7 Å². The van der Waals surface area contributed by atoms with E-state index in [0.717, 1.165) is 4.70 Å². The lowest BCUT2D eigenvalue weighted by atomic mass is 10.1. The third kappa shape index (κ3) is 2.51. The number of ether oxygens (including phenoxy) is 1. The number of nitrogens with zero attached hydrogens (tertiary/aromatic N) is 2. The van der Waals surface area contributed by atoms with Gasteiger partial charge in [-0.15, -0.1) is 11.3 Å². The van der Waals surface area contributed by atoms with Crippen LogP contribution in [0.2, 0.25) is 0 Å². The second-order valence-corrected chi connectivity index (χ2v) is 6.34. The van der Waals surface area contributed by atoms with E-state index in [1.807, 2.05) is 0 Å². The zero-order valence-corrected chi connectivity index (χ0v) is 13.8. The number of anilines is 1. The van der Waals surface area contributed by atoms with E-state index < -0.39 is 11.6 Å². The molecule has 25 heavy (non-hydrogen) atoms. The first-order chi connectivity index (χ1) is 12.1. The van der Waals surface area contributed by atoms with E-state index in [4.69, 9.17) is 10.5 Å². The summed E-state index contributed by atoms with van der Waals surface area (Å²) in [6.45, 7) is 0. The number of nitrogens with one attached hydrogen (secondary N) is 1. The number of methoxy groups -OCH3 is 1. The molecule has 0 spiro atoms. The van der Waals surface area contributed by atoms with Gasteiger partial charge in [-0.3, -0.25) is 5.10 Å². The number of hydrogen-bond acceptors (Lipinski definition) is 5. The number of nitrogens with two attached hydrogens (primary N) is 1. The number of aromatic nitrogens is 3. The molecule has 2 aromatic heterocycles. The summed E-state index contributed by atoms with van der Waals surface area (Å²) in [7, 11) is 1.40. The van der Waals surface area contributed by atoms with Crippen LogP contribution in [0.1, 0.15) is 0 Å². The van der Waals surface area contributed by atoms with Crippen LogP contribution in [0.15, 0.2) is 36.4 Å². The fourth-order valence-electron chi connectivity index (χ4n) is 2.62. The fourth-order valence-corrected chi connectivity index (χ4v) is 3.66. The molecular formula is C17H12F2N4OS. The summed E-state index contributed by atoms with van der Waals surface area (Å²) in [5.41, 5.74) is 7.70. The highest BCUT2D eigenvalue weighted by molar-refractivity contribution is 7.21. The van der Waals surface area contributed by atoms with Crippen molar-refractivity contribution in [3.63, 3.8) is 0 Å². The lowest BCUT2D eigenvalue weighted by Gasteiger charge is -2.02. The van der Waals surface area contributed by atoms with Crippen LogP contribution in [0.5, 0.6) is 5.75 Å². The average Bonchev–Trinajstić information content (AvgIpc) is 3.17. The molecule has 126 valence electrons. The monoisotopic (exact) mass is 358 g/mol. The van der Waals surface area contributed by atoms with E-state index in [1.165, 1.54) is 30.6 Å². The first kappa shape index (κ1) is 15.5. The van der Waals surface area contributed by atoms with E-state index >= 15 is 0 Å². The maximum absolute atomic E-state index is 14.2. The zero-order valence-electron chi connectivity index (χ0n) is 13.0. The molecule has 0 aliphatic rings. The first-order valence-corrected chi connectivity index (χ1v) is 8.13. The Morgan fingerprint density at radius 3 is 2.72 bits per heavy atom. The molecule has 0 bridgehead atoms. The van der Waals surface area contributed by atoms with Gasteiger partial charge in [0.2, 0.25) is 0 Å². The Labute approximate surface area is 145 Å². The molecule has 4 aromatic rings. The van der Waals surface area contributed by atoms with E-state index in [1.54, 1.807) is 24.3 Å². The molecule has 0 radical (unpaired) electrons. The number of rotatable bonds is 3. The summed E-state index contributed by atoms with van der Waals surface area (Å²) in [4.78, 5) is 4.43. The number of hydrogen-bond donors (Lipinski definition) is 2. The van der Waals surface area contributed by atoms with Gasteiger partial charge in [0.25, 0.3) is 0 Å². The van der Waals surface area contributed by atoms with Gasteiger partial charge in [-0.2, -0.15) is 5.10 Å². The standard InChI is InChI=1S/C17H12F2N4OS/c1-24-12-7-13-11(6-10(12)19)21-17(25-13)14-15(22-23-16(14)20)8-4-2-3-5-9(8)18/h2-7H,1H3,(H3,20,22,23). The molecule has 0 saturated heterocycles. The third-order valence-corrected chi connectivity index (χ3v) is 4.85. The van der Waals surface area contributed by atoms with E-state index in [-0.39, 0.29) is 11.6 Å². The summed E-state index contributed by atoms with van der Waals surface area (Å²) in [5, 5.41) is 7.27. The van der Waals surface area contributed by atoms with Crippen LogP contribution in [0.3, 0.4) is 0 Å². The lowest BCUT2D eigenvalue weighted by molar-refractivity contribution is 0.387. The van der Waals surface area contributed by atoms with Crippen LogP contribution in [-0.4, -0.2) is 22.3 Å². The van der Waals surface area contributed by atoms with Crippen molar-refractivity contribution in [2.45, 2.75) is 0 Å². The van der Waals surface area contributed by atoms with Crippen molar-refractivity contribution < 1.29 is 13.5 Å². The van der Waals surface area contributed by atoms with Crippen LogP contribution in [0, 0.1) is 11.6 Å². The Bertz CT molecular complexity index is 1090. The van der Waals surface area contributed by atoms with Gasteiger partial charge < -0.3 is 10.5 Å². The minimum Gasteiger partial charge on any atom is -0.494 e. The first-order valence-electron chi connectivity index (χ1n) is 7.31. The topological polar surface area (TPSA) is 76.8 Å². The zero-order chi connectivity index (χ0) is 17.6. The Kier molecular flexibility index (Phi) is 3.61. The quantitative estimate of drug-likeness (QED) is 0.575. The summed E-state index contributed by atoms with van der Waals surface area (Å²) < 4.78 is 33.8. The summed E-state index contributed by atoms with van der Waals surface area (Å²) in [6.07, 6.45) is 0. The Balaban J connectivity index is 1.92. The summed E-state index contributed by atoms with van der Waals surface area (Å²) in [6, 6.07) is 9.18.